The van der Waals surface area contributed by atoms with Gasteiger partial charge >= 0.3 is 5.97 Å². The number of nitrogens with zero attached hydrogens (tertiary/aromatic N) is 2. The van der Waals surface area contributed by atoms with Crippen LogP contribution in [-0.4, -0.2) is 26.8 Å². The fraction of sp³-hybridized carbons (Fsp3) is 0.312. The average Bonchev–Trinajstić information content (AvgIpc) is 2.87. The molecule has 0 unspecified atom stereocenters. The van der Waals surface area contributed by atoms with Crippen molar-refractivity contribution in [2.24, 2.45) is 0 Å². The largest absolute Gasteiger partial charge is 0.480 e. The summed E-state index contributed by atoms with van der Waals surface area (Å²) in [5.74, 6) is -0.714. The Labute approximate surface area is 128 Å². The van der Waals surface area contributed by atoms with Crippen molar-refractivity contribution in [2.75, 3.05) is 5.32 Å². The van der Waals surface area contributed by atoms with Crippen LogP contribution in [0.4, 0.5) is 5.82 Å². The molecule has 0 aliphatic heterocycles. The van der Waals surface area contributed by atoms with Gasteiger partial charge in [0.15, 0.2) is 5.82 Å². The Balaban J connectivity index is 1.74. The first-order chi connectivity index (χ1) is 10.5. The van der Waals surface area contributed by atoms with E-state index in [2.05, 4.69) is 34.7 Å². The van der Waals surface area contributed by atoms with Crippen molar-refractivity contribution >= 4 is 17.7 Å². The Morgan fingerprint density at radius 2 is 1.95 bits per heavy atom. The monoisotopic (exact) mass is 301 g/mol. The highest BCUT2D eigenvalue weighted by atomic mass is 16.4. The summed E-state index contributed by atoms with van der Waals surface area (Å²) in [6.45, 7) is 1.82. The van der Waals surface area contributed by atoms with Gasteiger partial charge in [0.25, 0.3) is 0 Å². The van der Waals surface area contributed by atoms with Crippen LogP contribution in [0, 0.1) is 6.92 Å². The Hall–Kier alpha value is -2.63. The van der Waals surface area contributed by atoms with E-state index in [0.717, 1.165) is 12.8 Å². The third-order valence-corrected chi connectivity index (χ3v) is 3.20. The minimum absolute atomic E-state index is 0.118. The quantitative estimate of drug-likeness (QED) is 0.821. The number of hydrogen-bond donors (Lipinski definition) is 2. The molecule has 2 rings (SSSR count). The number of aryl methyl sites for hydroxylation is 2. The number of carbonyl (C=O) groups excluding carboxylic acids is 1. The molecule has 0 bridgehead atoms. The summed E-state index contributed by atoms with van der Waals surface area (Å²) >= 11 is 0. The molecule has 0 aliphatic rings. The number of amides is 1. The maximum absolute atomic E-state index is 11.8. The predicted octanol–water partition coefficient (Wildman–Crippen LogP) is 2.24. The van der Waals surface area contributed by atoms with Crippen molar-refractivity contribution in [2.45, 2.75) is 32.7 Å². The van der Waals surface area contributed by atoms with E-state index in [-0.39, 0.29) is 12.5 Å². The van der Waals surface area contributed by atoms with Gasteiger partial charge in [0, 0.05) is 18.7 Å². The van der Waals surface area contributed by atoms with Crippen LogP contribution < -0.4 is 5.32 Å². The van der Waals surface area contributed by atoms with Gasteiger partial charge < -0.3 is 10.4 Å². The van der Waals surface area contributed by atoms with Crippen molar-refractivity contribution in [3.8, 4) is 0 Å². The van der Waals surface area contributed by atoms with Gasteiger partial charge in [0.1, 0.15) is 6.54 Å². The molecule has 1 aromatic carbocycles. The number of carboxylic acids is 1. The van der Waals surface area contributed by atoms with Crippen LogP contribution >= 0.6 is 0 Å². The molecular formula is C16H19N3O3. The number of hydrogen-bond acceptors (Lipinski definition) is 3. The van der Waals surface area contributed by atoms with Crippen LogP contribution in [0.3, 0.4) is 0 Å². The molecule has 0 atom stereocenters. The normalized spacial score (nSPS) is 10.4. The smallest absolute Gasteiger partial charge is 0.325 e. The Kier molecular flexibility index (Phi) is 5.30. The second-order valence-electron chi connectivity index (χ2n) is 5.18. The molecule has 0 saturated heterocycles. The second kappa shape index (κ2) is 7.40. The molecule has 2 N–H and O–H groups in total. The number of rotatable bonds is 7. The molecule has 1 aromatic heterocycles. The predicted molar refractivity (Wildman–Crippen MR) is 82.6 cm³/mol. The molecule has 0 saturated carbocycles. The van der Waals surface area contributed by atoms with Gasteiger partial charge in [0.2, 0.25) is 5.91 Å². The van der Waals surface area contributed by atoms with E-state index in [1.54, 1.807) is 6.07 Å². The molecule has 0 spiro atoms. The van der Waals surface area contributed by atoms with Crippen molar-refractivity contribution in [1.29, 1.82) is 0 Å². The number of benzene rings is 1. The van der Waals surface area contributed by atoms with E-state index >= 15 is 0 Å². The SMILES string of the molecule is Cc1ccc(CCCC(=O)Nc2ccn(CC(=O)O)n2)cc1. The van der Waals surface area contributed by atoms with E-state index in [1.807, 2.05) is 6.92 Å². The zero-order valence-corrected chi connectivity index (χ0v) is 12.5. The molecule has 1 heterocycles. The Bertz CT molecular complexity index is 647. The number of aliphatic carboxylic acids is 1. The summed E-state index contributed by atoms with van der Waals surface area (Å²) in [7, 11) is 0. The number of anilines is 1. The Morgan fingerprint density at radius 3 is 2.64 bits per heavy atom. The highest BCUT2D eigenvalue weighted by molar-refractivity contribution is 5.89. The fourth-order valence-corrected chi connectivity index (χ4v) is 2.07. The molecule has 6 heteroatoms. The van der Waals surface area contributed by atoms with Gasteiger partial charge in [-0.3, -0.25) is 14.3 Å². The maximum Gasteiger partial charge on any atom is 0.325 e. The van der Waals surface area contributed by atoms with Gasteiger partial charge in [-0.05, 0) is 25.3 Å². The molecular weight excluding hydrogens is 282 g/mol. The lowest BCUT2D eigenvalue weighted by Gasteiger charge is -2.03. The summed E-state index contributed by atoms with van der Waals surface area (Å²) in [5.41, 5.74) is 2.43. The van der Waals surface area contributed by atoms with Gasteiger partial charge in [-0.1, -0.05) is 29.8 Å². The number of carbonyl (C=O) groups is 2. The maximum atomic E-state index is 11.8. The van der Waals surface area contributed by atoms with E-state index in [0.29, 0.717) is 12.2 Å². The first-order valence-corrected chi connectivity index (χ1v) is 7.13. The summed E-state index contributed by atoms with van der Waals surface area (Å²) in [5, 5.41) is 15.3. The van der Waals surface area contributed by atoms with Gasteiger partial charge in [-0.2, -0.15) is 5.10 Å². The Morgan fingerprint density at radius 1 is 1.23 bits per heavy atom. The fourth-order valence-electron chi connectivity index (χ4n) is 2.07. The summed E-state index contributed by atoms with van der Waals surface area (Å²) in [6, 6.07) is 9.84. The van der Waals surface area contributed by atoms with Crippen LogP contribution in [0.5, 0.6) is 0 Å². The average molecular weight is 301 g/mol. The van der Waals surface area contributed by atoms with Crippen molar-refractivity contribution in [1.82, 2.24) is 9.78 Å². The van der Waals surface area contributed by atoms with Crippen LogP contribution in [0.25, 0.3) is 0 Å². The molecule has 0 fully saturated rings. The zero-order chi connectivity index (χ0) is 15.9. The lowest BCUT2D eigenvalue weighted by Crippen LogP contribution is -2.13. The highest BCUT2D eigenvalue weighted by Crippen LogP contribution is 2.09. The van der Waals surface area contributed by atoms with E-state index < -0.39 is 5.97 Å². The number of nitrogens with one attached hydrogen (secondary N) is 1. The first kappa shape index (κ1) is 15.8. The van der Waals surface area contributed by atoms with E-state index in [1.165, 1.54) is 22.0 Å². The van der Waals surface area contributed by atoms with Gasteiger partial charge in [-0.15, -0.1) is 0 Å². The zero-order valence-electron chi connectivity index (χ0n) is 12.5. The summed E-state index contributed by atoms with van der Waals surface area (Å²) < 4.78 is 1.27. The van der Waals surface area contributed by atoms with Crippen molar-refractivity contribution < 1.29 is 14.7 Å². The molecule has 2 aromatic rings. The van der Waals surface area contributed by atoms with Crippen LogP contribution in [0.15, 0.2) is 36.5 Å². The first-order valence-electron chi connectivity index (χ1n) is 7.13. The van der Waals surface area contributed by atoms with Gasteiger partial charge in [-0.25, -0.2) is 0 Å². The molecule has 0 radical (unpaired) electrons. The topological polar surface area (TPSA) is 84.2 Å². The van der Waals surface area contributed by atoms with Crippen molar-refractivity contribution in [3.05, 3.63) is 47.7 Å². The van der Waals surface area contributed by atoms with Crippen LogP contribution in [0.1, 0.15) is 24.0 Å². The molecule has 1 amide bonds. The third kappa shape index (κ3) is 5.05. The second-order valence-corrected chi connectivity index (χ2v) is 5.18. The van der Waals surface area contributed by atoms with Crippen LogP contribution in [-0.2, 0) is 22.6 Å². The molecule has 22 heavy (non-hydrogen) atoms. The number of carboxylic acid groups (broad SMARTS) is 1. The van der Waals surface area contributed by atoms with E-state index in [9.17, 15) is 9.59 Å². The summed E-state index contributed by atoms with van der Waals surface area (Å²) in [6.07, 6.45) is 3.53. The minimum Gasteiger partial charge on any atom is -0.480 e. The molecule has 6 nitrogen and oxygen atoms in total. The highest BCUT2D eigenvalue weighted by Gasteiger charge is 2.06. The molecule has 0 aliphatic carbocycles. The lowest BCUT2D eigenvalue weighted by molar-refractivity contribution is -0.137. The summed E-state index contributed by atoms with van der Waals surface area (Å²) in [4.78, 5) is 22.4. The standard InChI is InChI=1S/C16H19N3O3/c1-12-5-7-13(8-6-12)3-2-4-15(20)17-14-9-10-19(18-14)11-16(21)22/h5-10H,2-4,11H2,1H3,(H,21,22)(H,17,18,20). The van der Waals surface area contributed by atoms with Crippen molar-refractivity contribution in [3.63, 3.8) is 0 Å². The minimum atomic E-state index is -0.973. The van der Waals surface area contributed by atoms with Crippen LogP contribution in [0.2, 0.25) is 0 Å². The molecule has 116 valence electrons. The van der Waals surface area contributed by atoms with E-state index in [4.69, 9.17) is 5.11 Å². The third-order valence-electron chi connectivity index (χ3n) is 3.20. The lowest BCUT2D eigenvalue weighted by atomic mass is 10.1. The number of aromatic nitrogens is 2. The van der Waals surface area contributed by atoms with Gasteiger partial charge in [0.05, 0.1) is 0 Å².